The van der Waals surface area contributed by atoms with E-state index in [0.29, 0.717) is 44.8 Å². The number of carbonyl (C=O) groups is 1. The predicted octanol–water partition coefficient (Wildman–Crippen LogP) is 2.19. The van der Waals surface area contributed by atoms with Gasteiger partial charge >= 0.3 is 0 Å². The van der Waals surface area contributed by atoms with Gasteiger partial charge in [-0.25, -0.2) is 8.42 Å². The highest BCUT2D eigenvalue weighted by Crippen LogP contribution is 2.28. The lowest BCUT2D eigenvalue weighted by Crippen LogP contribution is -2.48. The molecule has 2 aromatic rings. The number of amides is 1. The largest absolute Gasteiger partial charge is 0.379 e. The Balaban J connectivity index is 1.44. The van der Waals surface area contributed by atoms with Gasteiger partial charge in [0.2, 0.25) is 15.9 Å². The molecule has 186 valence electrons. The van der Waals surface area contributed by atoms with Crippen molar-refractivity contribution < 1.29 is 22.5 Å². The van der Waals surface area contributed by atoms with Crippen molar-refractivity contribution in [3.63, 3.8) is 0 Å². The van der Waals surface area contributed by atoms with Gasteiger partial charge < -0.3 is 14.6 Å². The highest BCUT2D eigenvalue weighted by Gasteiger charge is 2.36. The Morgan fingerprint density at radius 1 is 1.21 bits per heavy atom. The summed E-state index contributed by atoms with van der Waals surface area (Å²) in [4.78, 5) is 15.6. The molecule has 1 aromatic heterocycles. The molecule has 0 bridgehead atoms. The van der Waals surface area contributed by atoms with Crippen molar-refractivity contribution in [1.82, 2.24) is 19.7 Å². The second-order valence-electron chi connectivity index (χ2n) is 9.18. The van der Waals surface area contributed by atoms with Crippen LogP contribution < -0.4 is 5.32 Å². The molecular formula is C24H34N4O5S. The van der Waals surface area contributed by atoms with Crippen LogP contribution in [0, 0.1) is 26.7 Å². The number of aryl methyl sites for hydroxylation is 3. The van der Waals surface area contributed by atoms with Crippen LogP contribution in [0.25, 0.3) is 0 Å². The minimum absolute atomic E-state index is 0.0403. The average Bonchev–Trinajstić information content (AvgIpc) is 3.18. The third kappa shape index (κ3) is 5.35. The normalized spacial score (nSPS) is 21.3. The molecule has 34 heavy (non-hydrogen) atoms. The number of aromatic nitrogens is 1. The summed E-state index contributed by atoms with van der Waals surface area (Å²) in [6.45, 7) is 9.25. The quantitative estimate of drug-likeness (QED) is 0.634. The van der Waals surface area contributed by atoms with Crippen LogP contribution in [0.4, 0.5) is 0 Å². The zero-order valence-electron chi connectivity index (χ0n) is 20.1. The average molecular weight is 491 g/mol. The Labute approximate surface area is 201 Å². The molecule has 2 aliphatic rings. The van der Waals surface area contributed by atoms with E-state index in [2.05, 4.69) is 40.5 Å². The molecule has 2 saturated heterocycles. The van der Waals surface area contributed by atoms with E-state index in [1.807, 2.05) is 6.07 Å². The first kappa shape index (κ1) is 24.8. The van der Waals surface area contributed by atoms with Gasteiger partial charge in [0.1, 0.15) is 10.6 Å². The maximum atomic E-state index is 13.2. The Bertz CT molecular complexity index is 1090. The number of morpholine rings is 1. The molecule has 4 rings (SSSR count). The van der Waals surface area contributed by atoms with E-state index in [0.717, 1.165) is 18.7 Å². The van der Waals surface area contributed by atoms with Gasteiger partial charge in [0, 0.05) is 32.7 Å². The van der Waals surface area contributed by atoms with E-state index >= 15 is 0 Å². The standard InChI is InChI=1S/C24H34N4O5S/c1-17-6-4-7-20(14-17)22(27-10-12-32-13-11-27)15-25-24(29)21-8-5-9-28(16-21)34(30,31)23-18(2)26-33-19(23)3/h4,6-7,14,21-22H,5,8-13,15-16H2,1-3H3,(H,25,29). The van der Waals surface area contributed by atoms with Crippen molar-refractivity contribution >= 4 is 15.9 Å². The summed E-state index contributed by atoms with van der Waals surface area (Å²) in [6.07, 6.45) is 1.29. The summed E-state index contributed by atoms with van der Waals surface area (Å²) in [5.41, 5.74) is 2.68. The lowest BCUT2D eigenvalue weighted by atomic mass is 9.98. The van der Waals surface area contributed by atoms with Crippen molar-refractivity contribution in [3.05, 3.63) is 46.8 Å². The highest BCUT2D eigenvalue weighted by molar-refractivity contribution is 7.89. The van der Waals surface area contributed by atoms with E-state index in [-0.39, 0.29) is 29.1 Å². The first-order valence-electron chi connectivity index (χ1n) is 11.9. The van der Waals surface area contributed by atoms with Crippen LogP contribution in [0.2, 0.25) is 0 Å². The first-order chi connectivity index (χ1) is 16.3. The van der Waals surface area contributed by atoms with Crippen LogP contribution in [-0.4, -0.2) is 74.6 Å². The van der Waals surface area contributed by atoms with Gasteiger partial charge in [0.05, 0.1) is 25.2 Å². The minimum atomic E-state index is -3.77. The smallest absolute Gasteiger partial charge is 0.248 e. The number of ether oxygens (including phenoxy) is 1. The molecule has 3 heterocycles. The number of sulfonamides is 1. The lowest BCUT2D eigenvalue weighted by molar-refractivity contribution is -0.126. The van der Waals surface area contributed by atoms with Crippen LogP contribution in [0.3, 0.4) is 0 Å². The molecule has 2 fully saturated rings. The van der Waals surface area contributed by atoms with Crippen molar-refractivity contribution in [3.8, 4) is 0 Å². The van der Waals surface area contributed by atoms with Crippen molar-refractivity contribution in [2.75, 3.05) is 45.9 Å². The maximum absolute atomic E-state index is 13.2. The second-order valence-corrected chi connectivity index (χ2v) is 11.1. The van der Waals surface area contributed by atoms with Gasteiger partial charge in [-0.2, -0.15) is 4.31 Å². The zero-order valence-corrected chi connectivity index (χ0v) is 20.9. The van der Waals surface area contributed by atoms with Crippen LogP contribution in [-0.2, 0) is 19.6 Å². The van der Waals surface area contributed by atoms with E-state index in [9.17, 15) is 13.2 Å². The third-order valence-electron chi connectivity index (χ3n) is 6.70. The summed E-state index contributed by atoms with van der Waals surface area (Å²) in [7, 11) is -3.77. The van der Waals surface area contributed by atoms with E-state index in [1.165, 1.54) is 9.87 Å². The molecule has 0 aliphatic carbocycles. The first-order valence-corrected chi connectivity index (χ1v) is 13.3. The topological polar surface area (TPSA) is 105 Å². The molecular weight excluding hydrogens is 456 g/mol. The fourth-order valence-electron chi connectivity index (χ4n) is 4.91. The maximum Gasteiger partial charge on any atom is 0.248 e. The fraction of sp³-hybridized carbons (Fsp3) is 0.583. The van der Waals surface area contributed by atoms with Crippen molar-refractivity contribution in [2.45, 2.75) is 44.6 Å². The van der Waals surface area contributed by atoms with Gasteiger partial charge in [-0.3, -0.25) is 9.69 Å². The molecule has 1 N–H and O–H groups in total. The van der Waals surface area contributed by atoms with Crippen molar-refractivity contribution in [2.24, 2.45) is 5.92 Å². The van der Waals surface area contributed by atoms with E-state index < -0.39 is 15.9 Å². The Morgan fingerprint density at radius 2 is 1.97 bits per heavy atom. The van der Waals surface area contributed by atoms with E-state index in [1.54, 1.807) is 13.8 Å². The Kier molecular flexibility index (Phi) is 7.71. The number of carbonyl (C=O) groups excluding carboxylic acids is 1. The molecule has 9 nitrogen and oxygen atoms in total. The van der Waals surface area contributed by atoms with Crippen molar-refractivity contribution in [1.29, 1.82) is 0 Å². The summed E-state index contributed by atoms with van der Waals surface area (Å²) in [6, 6.07) is 8.40. The summed E-state index contributed by atoms with van der Waals surface area (Å²) < 4.78 is 38.4. The third-order valence-corrected chi connectivity index (χ3v) is 8.81. The number of rotatable bonds is 7. The highest BCUT2D eigenvalue weighted by atomic mass is 32.2. The predicted molar refractivity (Wildman–Crippen MR) is 127 cm³/mol. The zero-order chi connectivity index (χ0) is 24.3. The lowest BCUT2D eigenvalue weighted by Gasteiger charge is -2.36. The molecule has 2 atom stereocenters. The van der Waals surface area contributed by atoms with E-state index in [4.69, 9.17) is 9.26 Å². The molecule has 0 spiro atoms. The molecule has 1 aromatic carbocycles. The number of nitrogens with one attached hydrogen (secondary N) is 1. The molecule has 2 aliphatic heterocycles. The number of hydrogen-bond acceptors (Lipinski definition) is 7. The molecule has 0 radical (unpaired) electrons. The van der Waals surface area contributed by atoms with Gasteiger partial charge in [-0.15, -0.1) is 0 Å². The SMILES string of the molecule is Cc1cccc(C(CNC(=O)C2CCCN(S(=O)(=O)c3c(C)noc3C)C2)N2CCOCC2)c1. The summed E-state index contributed by atoms with van der Waals surface area (Å²) >= 11 is 0. The molecule has 2 unspecified atom stereocenters. The molecule has 0 saturated carbocycles. The fourth-order valence-corrected chi connectivity index (χ4v) is 6.73. The summed E-state index contributed by atoms with van der Waals surface area (Å²) in [5, 5.41) is 6.91. The second kappa shape index (κ2) is 10.6. The van der Waals surface area contributed by atoms with Gasteiger partial charge in [-0.1, -0.05) is 35.0 Å². The van der Waals surface area contributed by atoms with Gasteiger partial charge in [-0.05, 0) is 39.2 Å². The number of hydrogen-bond donors (Lipinski definition) is 1. The Hall–Kier alpha value is -2.27. The number of benzene rings is 1. The van der Waals surface area contributed by atoms with Crippen LogP contribution >= 0.6 is 0 Å². The number of piperidine rings is 1. The van der Waals surface area contributed by atoms with Crippen LogP contribution in [0.1, 0.15) is 41.5 Å². The van der Waals surface area contributed by atoms with Gasteiger partial charge in [0.25, 0.3) is 0 Å². The minimum Gasteiger partial charge on any atom is -0.379 e. The van der Waals surface area contributed by atoms with Crippen LogP contribution in [0.15, 0.2) is 33.7 Å². The number of nitrogens with zero attached hydrogens (tertiary/aromatic N) is 3. The molecule has 1 amide bonds. The summed E-state index contributed by atoms with van der Waals surface area (Å²) in [5.74, 6) is -0.230. The van der Waals surface area contributed by atoms with Gasteiger partial charge in [0.15, 0.2) is 5.76 Å². The Morgan fingerprint density at radius 3 is 2.65 bits per heavy atom. The van der Waals surface area contributed by atoms with Crippen LogP contribution in [0.5, 0.6) is 0 Å². The molecule has 10 heteroatoms. The monoisotopic (exact) mass is 490 g/mol.